The Morgan fingerprint density at radius 3 is 0.824 bits per heavy atom. The summed E-state index contributed by atoms with van der Waals surface area (Å²) >= 11 is 0. The van der Waals surface area contributed by atoms with E-state index < -0.39 is 17.9 Å². The molecule has 0 spiro atoms. The normalized spacial score (nSPS) is 9.88. The molecule has 6 nitrogen and oxygen atoms in total. The van der Waals surface area contributed by atoms with Gasteiger partial charge in [0.25, 0.3) is 0 Å². The number of carboxylic acids is 3. The SMILES string of the molecule is O=C([O-])C=Cc1ccccc1.O=C([O-])C=Cc1ccccc1.O=C([O-])C=Cc1ccccc1.[Eu+3]. The predicted octanol–water partition coefficient (Wildman–Crippen LogP) is 1.35. The van der Waals surface area contributed by atoms with Crippen LogP contribution in [0, 0.1) is 49.4 Å². The third-order valence-electron chi connectivity index (χ3n) is 3.63. The fraction of sp³-hybridized carbons (Fsp3) is 0. The molecule has 0 aliphatic carbocycles. The molecule has 3 aromatic rings. The first-order valence-electron chi connectivity index (χ1n) is 9.69. The van der Waals surface area contributed by atoms with Crippen molar-refractivity contribution < 1.29 is 79.1 Å². The maximum atomic E-state index is 9.97. The Balaban J connectivity index is 0.000000473. The summed E-state index contributed by atoms with van der Waals surface area (Å²) in [5.74, 6) is -3.52. The van der Waals surface area contributed by atoms with Gasteiger partial charge < -0.3 is 29.7 Å². The van der Waals surface area contributed by atoms with Gasteiger partial charge in [-0.3, -0.25) is 0 Å². The molecule has 0 N–H and O–H groups in total. The maximum absolute atomic E-state index is 9.97. The number of hydrogen-bond acceptors (Lipinski definition) is 6. The average Bonchev–Trinajstić information content (AvgIpc) is 2.83. The molecule has 0 amide bonds. The van der Waals surface area contributed by atoms with Gasteiger partial charge in [0.2, 0.25) is 0 Å². The molecular weight excluding hydrogens is 572 g/mol. The Morgan fingerprint density at radius 1 is 0.441 bits per heavy atom. The van der Waals surface area contributed by atoms with Crippen LogP contribution in [0.1, 0.15) is 16.7 Å². The van der Waals surface area contributed by atoms with Gasteiger partial charge in [0.15, 0.2) is 0 Å². The Hall–Kier alpha value is -3.13. The van der Waals surface area contributed by atoms with Crippen LogP contribution in [0.4, 0.5) is 0 Å². The standard InChI is InChI=1S/3C9H8O2.Eu/c3*10-9(11)7-6-8-4-2-1-3-5-8;/h3*1-7H,(H,10,11);/q;;;+3/p-3. The second-order valence-electron chi connectivity index (χ2n) is 6.19. The first-order chi connectivity index (χ1) is 15.9. The van der Waals surface area contributed by atoms with E-state index in [2.05, 4.69) is 0 Å². The zero-order chi connectivity index (χ0) is 24.3. The van der Waals surface area contributed by atoms with E-state index in [0.717, 1.165) is 34.9 Å². The van der Waals surface area contributed by atoms with Crippen LogP contribution < -0.4 is 15.3 Å². The van der Waals surface area contributed by atoms with Crippen molar-refractivity contribution in [3.05, 3.63) is 126 Å². The molecule has 0 bridgehead atoms. The van der Waals surface area contributed by atoms with Crippen LogP contribution in [-0.2, 0) is 14.4 Å². The second-order valence-corrected chi connectivity index (χ2v) is 6.19. The van der Waals surface area contributed by atoms with Gasteiger partial charge >= 0.3 is 49.4 Å². The number of hydrogen-bond donors (Lipinski definition) is 0. The first-order valence-corrected chi connectivity index (χ1v) is 9.69. The van der Waals surface area contributed by atoms with Gasteiger partial charge in [0, 0.05) is 0 Å². The molecule has 3 aromatic carbocycles. The molecule has 0 radical (unpaired) electrons. The molecule has 3 rings (SSSR count). The molecule has 0 atom stereocenters. The van der Waals surface area contributed by atoms with Crippen LogP contribution >= 0.6 is 0 Å². The quantitative estimate of drug-likeness (QED) is 0.398. The molecule has 0 saturated heterocycles. The number of rotatable bonds is 6. The van der Waals surface area contributed by atoms with E-state index >= 15 is 0 Å². The largest absolute Gasteiger partial charge is 3.00 e. The van der Waals surface area contributed by atoms with Crippen molar-refractivity contribution in [1.29, 1.82) is 0 Å². The fourth-order valence-electron chi connectivity index (χ4n) is 2.19. The molecule has 7 heteroatoms. The molecule has 0 fully saturated rings. The van der Waals surface area contributed by atoms with Gasteiger partial charge in [-0.15, -0.1) is 0 Å². The fourth-order valence-corrected chi connectivity index (χ4v) is 2.19. The summed E-state index contributed by atoms with van der Waals surface area (Å²) in [6.07, 6.45) is 7.51. The summed E-state index contributed by atoms with van der Waals surface area (Å²) in [6.45, 7) is 0. The van der Waals surface area contributed by atoms with E-state index in [1.165, 1.54) is 18.2 Å². The van der Waals surface area contributed by atoms with Crippen LogP contribution in [-0.4, -0.2) is 17.9 Å². The van der Waals surface area contributed by atoms with Crippen molar-refractivity contribution >= 4 is 36.1 Å². The van der Waals surface area contributed by atoms with E-state index in [4.69, 9.17) is 0 Å². The minimum absolute atomic E-state index is 0. The zero-order valence-corrected chi connectivity index (χ0v) is 20.4. The summed E-state index contributed by atoms with van der Waals surface area (Å²) < 4.78 is 0. The molecule has 0 heterocycles. The number of benzene rings is 3. The summed E-state index contributed by atoms with van der Waals surface area (Å²) in [6, 6.07) is 27.6. The van der Waals surface area contributed by atoms with Gasteiger partial charge in [0.1, 0.15) is 0 Å². The van der Waals surface area contributed by atoms with Crippen LogP contribution in [0.5, 0.6) is 0 Å². The molecule has 0 unspecified atom stereocenters. The minimum atomic E-state index is -1.17. The smallest absolute Gasteiger partial charge is 0.545 e. The summed E-state index contributed by atoms with van der Waals surface area (Å²) in [7, 11) is 0. The van der Waals surface area contributed by atoms with Gasteiger partial charge in [0.05, 0.1) is 17.9 Å². The number of carbonyl (C=O) groups excluding carboxylic acids is 3. The summed E-state index contributed by atoms with van der Waals surface area (Å²) in [4.78, 5) is 29.9. The maximum Gasteiger partial charge on any atom is 3.00 e. The van der Waals surface area contributed by atoms with Gasteiger partial charge in [-0.25, -0.2) is 0 Å². The Morgan fingerprint density at radius 2 is 0.647 bits per heavy atom. The van der Waals surface area contributed by atoms with Crippen LogP contribution in [0.3, 0.4) is 0 Å². The molecule has 0 aliphatic heterocycles. The third kappa shape index (κ3) is 17.4. The van der Waals surface area contributed by atoms with E-state index in [0.29, 0.717) is 0 Å². The molecule has 172 valence electrons. The van der Waals surface area contributed by atoms with Gasteiger partial charge in [-0.1, -0.05) is 109 Å². The number of carbonyl (C=O) groups is 3. The molecular formula is C27H21EuO6. The number of aliphatic carboxylic acids is 3. The Bertz CT molecular complexity index is 934. The predicted molar refractivity (Wildman–Crippen MR) is 121 cm³/mol. The molecule has 0 aromatic heterocycles. The van der Waals surface area contributed by atoms with E-state index in [-0.39, 0.29) is 49.4 Å². The molecule has 0 saturated carbocycles. The van der Waals surface area contributed by atoms with E-state index in [1.54, 1.807) is 0 Å². The first kappa shape index (κ1) is 30.9. The monoisotopic (exact) mass is 594 g/mol. The van der Waals surface area contributed by atoms with Crippen LogP contribution in [0.2, 0.25) is 0 Å². The van der Waals surface area contributed by atoms with Crippen LogP contribution in [0.25, 0.3) is 18.2 Å². The van der Waals surface area contributed by atoms with Crippen molar-refractivity contribution in [1.82, 2.24) is 0 Å². The molecule has 0 aliphatic rings. The van der Waals surface area contributed by atoms with E-state index in [1.807, 2.05) is 91.0 Å². The Kier molecular flexibility index (Phi) is 17.6. The second kappa shape index (κ2) is 19.4. The van der Waals surface area contributed by atoms with Crippen LogP contribution in [0.15, 0.2) is 109 Å². The summed E-state index contributed by atoms with van der Waals surface area (Å²) in [5, 5.41) is 29.9. The zero-order valence-electron chi connectivity index (χ0n) is 18.0. The topological polar surface area (TPSA) is 120 Å². The van der Waals surface area contributed by atoms with E-state index in [9.17, 15) is 29.7 Å². The summed E-state index contributed by atoms with van der Waals surface area (Å²) in [5.41, 5.74) is 2.57. The van der Waals surface area contributed by atoms with Crippen molar-refractivity contribution in [3.8, 4) is 0 Å². The Labute approximate surface area is 239 Å². The number of carboxylic acid groups (broad SMARTS) is 3. The third-order valence-corrected chi connectivity index (χ3v) is 3.63. The average molecular weight is 593 g/mol. The van der Waals surface area contributed by atoms with Crippen molar-refractivity contribution in [2.45, 2.75) is 0 Å². The van der Waals surface area contributed by atoms with Gasteiger partial charge in [-0.05, 0) is 34.9 Å². The minimum Gasteiger partial charge on any atom is -0.545 e. The molecule has 34 heavy (non-hydrogen) atoms. The van der Waals surface area contributed by atoms with Crippen molar-refractivity contribution in [2.24, 2.45) is 0 Å². The van der Waals surface area contributed by atoms with Gasteiger partial charge in [-0.2, -0.15) is 0 Å². The van der Waals surface area contributed by atoms with Crippen molar-refractivity contribution in [2.75, 3.05) is 0 Å². The van der Waals surface area contributed by atoms with Crippen molar-refractivity contribution in [3.63, 3.8) is 0 Å².